The summed E-state index contributed by atoms with van der Waals surface area (Å²) in [6, 6.07) is 11.7. The van der Waals surface area contributed by atoms with Gasteiger partial charge in [-0.3, -0.25) is 9.69 Å². The van der Waals surface area contributed by atoms with Gasteiger partial charge in [-0.25, -0.2) is 0 Å². The summed E-state index contributed by atoms with van der Waals surface area (Å²) in [6.07, 6.45) is 8.01. The van der Waals surface area contributed by atoms with Crippen LogP contribution in [0.15, 0.2) is 30.3 Å². The molecule has 1 aromatic heterocycles. The average molecular weight is 366 g/mol. The number of carbonyl (C=O) groups is 1. The molecule has 2 bridgehead atoms. The second kappa shape index (κ2) is 6.97. The number of fused-ring (bicyclic) bond motifs is 5. The third-order valence-corrected chi connectivity index (χ3v) is 7.18. The van der Waals surface area contributed by atoms with Crippen LogP contribution in [0.1, 0.15) is 55.9 Å². The molecule has 4 nitrogen and oxygen atoms in total. The summed E-state index contributed by atoms with van der Waals surface area (Å²) in [5.41, 5.74) is 1.81. The molecule has 3 saturated heterocycles. The van der Waals surface area contributed by atoms with Crippen LogP contribution >= 0.6 is 0 Å². The molecule has 0 unspecified atom stereocenters. The first-order valence-electron chi connectivity index (χ1n) is 10.9. The highest BCUT2D eigenvalue weighted by molar-refractivity contribution is 5.98. The molecule has 1 N–H and O–H groups in total. The van der Waals surface area contributed by atoms with E-state index in [4.69, 9.17) is 0 Å². The lowest BCUT2D eigenvalue weighted by Crippen LogP contribution is -2.62. The summed E-state index contributed by atoms with van der Waals surface area (Å²) in [5.74, 6) is 1.49. The third-order valence-electron chi connectivity index (χ3n) is 7.18. The van der Waals surface area contributed by atoms with Gasteiger partial charge in [0.25, 0.3) is 5.91 Å². The normalized spacial score (nSPS) is 31.1. The number of hydrogen-bond donors (Lipinski definition) is 1. The number of aromatic amines is 1. The number of piperidine rings is 3. The van der Waals surface area contributed by atoms with Crippen molar-refractivity contribution in [1.29, 1.82) is 0 Å². The first kappa shape index (κ1) is 17.3. The van der Waals surface area contributed by atoms with Crippen molar-refractivity contribution < 1.29 is 4.79 Å². The van der Waals surface area contributed by atoms with E-state index < -0.39 is 0 Å². The molecule has 4 atom stereocenters. The highest BCUT2D eigenvalue weighted by atomic mass is 16.2. The Morgan fingerprint density at radius 1 is 1.19 bits per heavy atom. The second-order valence-corrected chi connectivity index (χ2v) is 8.98. The molecule has 0 aliphatic carbocycles. The number of aromatic nitrogens is 1. The number of nitrogens with zero attached hydrogens (tertiary/aromatic N) is 2. The van der Waals surface area contributed by atoms with E-state index in [0.717, 1.165) is 35.7 Å². The number of amides is 1. The molecule has 1 amide bonds. The van der Waals surface area contributed by atoms with Crippen LogP contribution in [-0.2, 0) is 0 Å². The molecule has 0 saturated carbocycles. The predicted octanol–water partition coefficient (Wildman–Crippen LogP) is 4.28. The van der Waals surface area contributed by atoms with Crippen molar-refractivity contribution in [1.82, 2.24) is 14.8 Å². The van der Waals surface area contributed by atoms with E-state index in [1.807, 2.05) is 24.3 Å². The van der Waals surface area contributed by atoms with Gasteiger partial charge in [0, 0.05) is 42.6 Å². The van der Waals surface area contributed by atoms with Gasteiger partial charge in [0.1, 0.15) is 5.69 Å². The number of para-hydroxylation sites is 1. The molecule has 27 heavy (non-hydrogen) atoms. The van der Waals surface area contributed by atoms with Gasteiger partial charge in [-0.1, -0.05) is 38.0 Å². The second-order valence-electron chi connectivity index (χ2n) is 8.98. The summed E-state index contributed by atoms with van der Waals surface area (Å²) in [7, 11) is 0. The summed E-state index contributed by atoms with van der Waals surface area (Å²) < 4.78 is 0. The maximum absolute atomic E-state index is 13.2. The summed E-state index contributed by atoms with van der Waals surface area (Å²) in [4.78, 5) is 21.5. The number of benzene rings is 1. The fourth-order valence-corrected chi connectivity index (χ4v) is 6.08. The number of H-pyrrole nitrogens is 1. The number of rotatable bonds is 3. The fraction of sp³-hybridized carbons (Fsp3) is 0.609. The van der Waals surface area contributed by atoms with E-state index in [0.29, 0.717) is 17.9 Å². The van der Waals surface area contributed by atoms with E-state index in [2.05, 4.69) is 27.8 Å². The zero-order valence-electron chi connectivity index (χ0n) is 16.4. The van der Waals surface area contributed by atoms with Crippen LogP contribution in [0.2, 0.25) is 0 Å². The summed E-state index contributed by atoms with van der Waals surface area (Å²) >= 11 is 0. The topological polar surface area (TPSA) is 39.3 Å². The first-order chi connectivity index (χ1) is 13.2. The average Bonchev–Trinajstić information content (AvgIpc) is 3.12. The van der Waals surface area contributed by atoms with Crippen LogP contribution in [0.3, 0.4) is 0 Å². The molecular weight excluding hydrogens is 334 g/mol. The van der Waals surface area contributed by atoms with Crippen LogP contribution in [0, 0.1) is 11.8 Å². The number of hydrogen-bond acceptors (Lipinski definition) is 2. The molecule has 5 rings (SSSR count). The maximum atomic E-state index is 13.2. The number of nitrogens with one attached hydrogen (secondary N) is 1. The maximum Gasteiger partial charge on any atom is 0.270 e. The summed E-state index contributed by atoms with van der Waals surface area (Å²) in [5, 5.41) is 1.12. The van der Waals surface area contributed by atoms with Crippen molar-refractivity contribution in [2.45, 2.75) is 57.5 Å². The van der Waals surface area contributed by atoms with Crippen molar-refractivity contribution >= 4 is 16.8 Å². The molecule has 0 spiro atoms. The summed E-state index contributed by atoms with van der Waals surface area (Å²) in [6.45, 7) is 5.37. The van der Waals surface area contributed by atoms with Crippen LogP contribution in [0.25, 0.3) is 10.9 Å². The lowest BCUT2D eigenvalue weighted by molar-refractivity contribution is -0.0519. The lowest BCUT2D eigenvalue weighted by Gasteiger charge is -2.55. The molecule has 4 heterocycles. The van der Waals surface area contributed by atoms with E-state index in [1.54, 1.807) is 0 Å². The van der Waals surface area contributed by atoms with Crippen molar-refractivity contribution in [2.24, 2.45) is 11.8 Å². The smallest absolute Gasteiger partial charge is 0.270 e. The molecule has 1 aromatic carbocycles. The Morgan fingerprint density at radius 2 is 2.07 bits per heavy atom. The van der Waals surface area contributed by atoms with E-state index in [1.165, 1.54) is 45.1 Å². The Balaban J connectivity index is 1.35. The predicted molar refractivity (Wildman–Crippen MR) is 109 cm³/mol. The van der Waals surface area contributed by atoms with Crippen LogP contribution < -0.4 is 0 Å². The molecule has 144 valence electrons. The van der Waals surface area contributed by atoms with Gasteiger partial charge < -0.3 is 9.88 Å². The van der Waals surface area contributed by atoms with Gasteiger partial charge in [0.05, 0.1) is 0 Å². The monoisotopic (exact) mass is 365 g/mol. The number of likely N-dealkylation sites (tertiary alicyclic amines) is 1. The Labute approximate surface area is 161 Å². The van der Waals surface area contributed by atoms with Crippen LogP contribution in [-0.4, -0.2) is 52.4 Å². The van der Waals surface area contributed by atoms with Crippen molar-refractivity contribution in [3.05, 3.63) is 36.0 Å². The number of carbonyl (C=O) groups excluding carboxylic acids is 1. The molecule has 4 heteroatoms. The minimum absolute atomic E-state index is 0.190. The molecule has 3 aliphatic rings. The van der Waals surface area contributed by atoms with Crippen LogP contribution in [0.4, 0.5) is 0 Å². The minimum atomic E-state index is 0.190. The van der Waals surface area contributed by atoms with Gasteiger partial charge >= 0.3 is 0 Å². The quantitative estimate of drug-likeness (QED) is 0.882. The van der Waals surface area contributed by atoms with E-state index in [9.17, 15) is 4.79 Å². The van der Waals surface area contributed by atoms with Crippen molar-refractivity contribution in [3.63, 3.8) is 0 Å². The fourth-order valence-electron chi connectivity index (χ4n) is 6.08. The largest absolute Gasteiger partial charge is 0.351 e. The van der Waals surface area contributed by atoms with Crippen LogP contribution in [0.5, 0.6) is 0 Å². The highest BCUT2D eigenvalue weighted by Crippen LogP contribution is 2.40. The third kappa shape index (κ3) is 3.08. The van der Waals surface area contributed by atoms with E-state index >= 15 is 0 Å². The van der Waals surface area contributed by atoms with Crippen molar-refractivity contribution in [2.75, 3.05) is 19.6 Å². The minimum Gasteiger partial charge on any atom is -0.351 e. The standard InChI is InChI=1S/C23H31N3O/c1-2-6-19-8-5-10-22-18-11-16(14-26(19)22)13-25(15-18)23(27)21-12-17-7-3-4-9-20(17)24-21/h3-4,7,9,12,16,18-19,22,24H,2,5-6,8,10-11,13-15H2,1H3/t16-,18+,19-,22-/m0/s1. The van der Waals surface area contributed by atoms with Gasteiger partial charge in [0.2, 0.25) is 0 Å². The van der Waals surface area contributed by atoms with E-state index in [-0.39, 0.29) is 5.91 Å². The Kier molecular flexibility index (Phi) is 4.47. The van der Waals surface area contributed by atoms with Gasteiger partial charge in [-0.15, -0.1) is 0 Å². The van der Waals surface area contributed by atoms with Gasteiger partial charge in [-0.05, 0) is 49.7 Å². The first-order valence-corrected chi connectivity index (χ1v) is 10.9. The molecule has 3 fully saturated rings. The SMILES string of the molecule is CCC[C@H]1CCC[C@H]2[C@@H]3C[C@@H](CN(C(=O)c4cc5ccccc5[nH]4)C3)CN12. The zero-order chi connectivity index (χ0) is 18.4. The van der Waals surface area contributed by atoms with Gasteiger partial charge in [-0.2, -0.15) is 0 Å². The Bertz CT molecular complexity index is 793. The van der Waals surface area contributed by atoms with Gasteiger partial charge in [0.15, 0.2) is 0 Å². The zero-order valence-corrected chi connectivity index (χ0v) is 16.4. The Morgan fingerprint density at radius 3 is 2.93 bits per heavy atom. The highest BCUT2D eigenvalue weighted by Gasteiger charge is 2.45. The lowest BCUT2D eigenvalue weighted by atomic mass is 9.74. The molecule has 0 radical (unpaired) electrons. The molecule has 2 aromatic rings. The molecule has 3 aliphatic heterocycles. The Hall–Kier alpha value is -1.81. The molecular formula is C23H31N3O. The van der Waals surface area contributed by atoms with Crippen molar-refractivity contribution in [3.8, 4) is 0 Å².